The molecule has 1 aliphatic heterocycles. The highest BCUT2D eigenvalue weighted by Crippen LogP contribution is 2.26. The number of halogens is 1. The normalized spacial score (nSPS) is 17.6. The molecule has 0 saturated carbocycles. The van der Waals surface area contributed by atoms with E-state index in [1.165, 1.54) is 16.4 Å². The van der Waals surface area contributed by atoms with Gasteiger partial charge >= 0.3 is 0 Å². The molecule has 6 heteroatoms. The number of rotatable bonds is 2. The first kappa shape index (κ1) is 13.0. The van der Waals surface area contributed by atoms with Gasteiger partial charge < -0.3 is 5.73 Å². The van der Waals surface area contributed by atoms with Crippen LogP contribution in [0.3, 0.4) is 0 Å². The minimum absolute atomic E-state index is 0.155. The third kappa shape index (κ3) is 2.26. The number of nitrogens with two attached hydrogens (primary N) is 1. The maximum Gasteiger partial charge on any atom is 0.245 e. The second-order valence-corrected chi connectivity index (χ2v) is 6.24. The fraction of sp³-hybridized carbons (Fsp3) is 0.333. The van der Waals surface area contributed by atoms with E-state index in [2.05, 4.69) is 0 Å². The van der Waals surface area contributed by atoms with E-state index in [0.29, 0.717) is 19.5 Å². The summed E-state index contributed by atoms with van der Waals surface area (Å²) in [7, 11) is -3.72. The number of para-hydroxylation sites is 1. The van der Waals surface area contributed by atoms with Gasteiger partial charge in [0.2, 0.25) is 10.0 Å². The first-order valence-corrected chi connectivity index (χ1v) is 7.06. The molecular formula is C12H15FN2O2S. The fourth-order valence-corrected chi connectivity index (χ4v) is 3.59. The molecule has 4 nitrogen and oxygen atoms in total. The zero-order valence-electron chi connectivity index (χ0n) is 10.1. The van der Waals surface area contributed by atoms with E-state index in [-0.39, 0.29) is 10.6 Å². The van der Waals surface area contributed by atoms with Gasteiger partial charge in [-0.05, 0) is 25.5 Å². The van der Waals surface area contributed by atoms with Crippen molar-refractivity contribution in [1.82, 2.24) is 4.31 Å². The third-order valence-electron chi connectivity index (χ3n) is 2.93. The predicted molar refractivity (Wildman–Crippen MR) is 67.9 cm³/mol. The number of hydrogen-bond acceptors (Lipinski definition) is 3. The average Bonchev–Trinajstić information content (AvgIpc) is 2.32. The molecule has 0 aromatic heterocycles. The summed E-state index contributed by atoms with van der Waals surface area (Å²) < 4.78 is 39.4. The topological polar surface area (TPSA) is 63.4 Å². The van der Waals surface area contributed by atoms with Crippen molar-refractivity contribution >= 4 is 15.7 Å². The van der Waals surface area contributed by atoms with Crippen LogP contribution in [0.5, 0.6) is 0 Å². The van der Waals surface area contributed by atoms with Crippen molar-refractivity contribution in [1.29, 1.82) is 0 Å². The second-order valence-electron chi connectivity index (χ2n) is 4.33. The molecule has 0 bridgehead atoms. The number of nitrogen functional groups attached to an aromatic ring is 1. The number of nitrogens with zero attached hydrogens (tertiary/aromatic N) is 1. The predicted octanol–water partition coefficient (Wildman–Crippen LogP) is 1.75. The lowest BCUT2D eigenvalue weighted by Crippen LogP contribution is -2.35. The van der Waals surface area contributed by atoms with Crippen LogP contribution in [0.1, 0.15) is 13.3 Å². The number of benzene rings is 1. The molecule has 0 amide bonds. The van der Waals surface area contributed by atoms with E-state index in [1.54, 1.807) is 0 Å². The van der Waals surface area contributed by atoms with Crippen LogP contribution in [-0.2, 0) is 10.0 Å². The van der Waals surface area contributed by atoms with E-state index in [4.69, 9.17) is 5.73 Å². The summed E-state index contributed by atoms with van der Waals surface area (Å²) in [5.41, 5.74) is 6.19. The molecule has 1 aromatic carbocycles. The number of anilines is 1. The van der Waals surface area contributed by atoms with Gasteiger partial charge in [0.25, 0.3) is 0 Å². The lowest BCUT2D eigenvalue weighted by molar-refractivity contribution is 0.428. The highest BCUT2D eigenvalue weighted by molar-refractivity contribution is 7.89. The maximum atomic E-state index is 13.3. The van der Waals surface area contributed by atoms with Crippen LogP contribution in [0.2, 0.25) is 0 Å². The van der Waals surface area contributed by atoms with Crippen molar-refractivity contribution in [2.45, 2.75) is 18.2 Å². The van der Waals surface area contributed by atoms with E-state index in [9.17, 15) is 12.8 Å². The van der Waals surface area contributed by atoms with Crippen molar-refractivity contribution in [3.63, 3.8) is 0 Å². The van der Waals surface area contributed by atoms with Gasteiger partial charge in [-0.2, -0.15) is 4.31 Å². The number of sulfonamides is 1. The number of hydrogen-bond donors (Lipinski definition) is 1. The summed E-state index contributed by atoms with van der Waals surface area (Å²) in [6.45, 7) is 2.60. The van der Waals surface area contributed by atoms with Crippen LogP contribution < -0.4 is 5.73 Å². The Morgan fingerprint density at radius 2 is 2.11 bits per heavy atom. The summed E-state index contributed by atoms with van der Waals surface area (Å²) in [6, 6.07) is 3.84. The summed E-state index contributed by atoms with van der Waals surface area (Å²) in [5, 5.41) is 0. The van der Waals surface area contributed by atoms with Gasteiger partial charge in [0, 0.05) is 13.1 Å². The first-order valence-electron chi connectivity index (χ1n) is 5.62. The molecule has 2 N–H and O–H groups in total. The Labute approximate surface area is 106 Å². The zero-order chi connectivity index (χ0) is 13.3. The molecular weight excluding hydrogens is 255 g/mol. The zero-order valence-corrected chi connectivity index (χ0v) is 10.9. The molecule has 0 aliphatic carbocycles. The molecule has 0 spiro atoms. The van der Waals surface area contributed by atoms with E-state index in [0.717, 1.165) is 11.6 Å². The lowest BCUT2D eigenvalue weighted by atomic mass is 10.2. The van der Waals surface area contributed by atoms with Crippen molar-refractivity contribution in [3.8, 4) is 0 Å². The Kier molecular flexibility index (Phi) is 3.41. The van der Waals surface area contributed by atoms with Gasteiger partial charge in [0.15, 0.2) is 0 Å². The summed E-state index contributed by atoms with van der Waals surface area (Å²) in [6.07, 6.45) is 2.67. The van der Waals surface area contributed by atoms with Crippen LogP contribution in [0.15, 0.2) is 34.7 Å². The van der Waals surface area contributed by atoms with E-state index in [1.807, 2.05) is 13.0 Å². The van der Waals surface area contributed by atoms with Crippen LogP contribution in [-0.4, -0.2) is 25.8 Å². The highest BCUT2D eigenvalue weighted by atomic mass is 32.2. The lowest BCUT2D eigenvalue weighted by Gasteiger charge is -2.26. The second kappa shape index (κ2) is 4.70. The maximum absolute atomic E-state index is 13.3. The Morgan fingerprint density at radius 3 is 2.78 bits per heavy atom. The van der Waals surface area contributed by atoms with Gasteiger partial charge in [-0.15, -0.1) is 0 Å². The van der Waals surface area contributed by atoms with Crippen molar-refractivity contribution in [3.05, 3.63) is 35.7 Å². The van der Waals surface area contributed by atoms with E-state index >= 15 is 0 Å². The van der Waals surface area contributed by atoms with Crippen LogP contribution >= 0.6 is 0 Å². The minimum atomic E-state index is -3.72. The SMILES string of the molecule is CC1=CCCN(S(=O)(=O)c2cccc(F)c2N)C1. The van der Waals surface area contributed by atoms with Crippen LogP contribution in [0.25, 0.3) is 0 Å². The molecule has 18 heavy (non-hydrogen) atoms. The summed E-state index contributed by atoms with van der Waals surface area (Å²) in [4.78, 5) is -0.155. The molecule has 0 radical (unpaired) electrons. The monoisotopic (exact) mass is 270 g/mol. The van der Waals surface area contributed by atoms with Gasteiger partial charge in [-0.3, -0.25) is 0 Å². The molecule has 2 rings (SSSR count). The van der Waals surface area contributed by atoms with Crippen molar-refractivity contribution in [2.75, 3.05) is 18.8 Å². The minimum Gasteiger partial charge on any atom is -0.395 e. The quantitative estimate of drug-likeness (QED) is 0.658. The average molecular weight is 270 g/mol. The smallest absolute Gasteiger partial charge is 0.245 e. The highest BCUT2D eigenvalue weighted by Gasteiger charge is 2.28. The summed E-state index contributed by atoms with van der Waals surface area (Å²) in [5.74, 6) is -0.708. The van der Waals surface area contributed by atoms with Gasteiger partial charge in [-0.25, -0.2) is 12.8 Å². The molecule has 0 saturated heterocycles. The molecule has 0 fully saturated rings. The molecule has 0 atom stereocenters. The molecule has 1 heterocycles. The Bertz CT molecular complexity index is 596. The largest absolute Gasteiger partial charge is 0.395 e. The van der Waals surface area contributed by atoms with Gasteiger partial charge in [-0.1, -0.05) is 17.7 Å². The van der Waals surface area contributed by atoms with Crippen molar-refractivity contribution in [2.24, 2.45) is 0 Å². The Balaban J connectivity index is 2.43. The molecule has 1 aliphatic rings. The van der Waals surface area contributed by atoms with Crippen LogP contribution in [0, 0.1) is 5.82 Å². The molecule has 0 unspecified atom stereocenters. The molecule has 98 valence electrons. The third-order valence-corrected chi connectivity index (χ3v) is 4.83. The summed E-state index contributed by atoms with van der Waals surface area (Å²) >= 11 is 0. The van der Waals surface area contributed by atoms with Crippen LogP contribution in [0.4, 0.5) is 10.1 Å². The van der Waals surface area contributed by atoms with Gasteiger partial charge in [0.1, 0.15) is 10.7 Å². The molecule has 1 aromatic rings. The first-order chi connectivity index (χ1) is 8.43. The van der Waals surface area contributed by atoms with Gasteiger partial charge in [0.05, 0.1) is 5.69 Å². The fourth-order valence-electron chi connectivity index (χ4n) is 1.96. The Morgan fingerprint density at radius 1 is 1.39 bits per heavy atom. The van der Waals surface area contributed by atoms with E-state index < -0.39 is 15.8 Å². The Hall–Kier alpha value is -1.40. The standard InChI is InChI=1S/C12H15FN2O2S/c1-9-4-3-7-15(8-9)18(16,17)11-6-2-5-10(13)12(11)14/h2,4-6H,3,7-8,14H2,1H3. The van der Waals surface area contributed by atoms with Crippen molar-refractivity contribution < 1.29 is 12.8 Å².